The van der Waals surface area contributed by atoms with Crippen LogP contribution >= 0.6 is 11.3 Å². The number of amides is 1. The molecule has 7 heteroatoms. The standard InChI is InChI=1S/C21H28FN3O2S/c1-16-20(28-19(23-16)15-17-5-7-18(22)8-6-17)21(26)25-11-3-9-24(12-13-25)10-4-14-27-2/h5-8H,3-4,9-15H2,1-2H3. The van der Waals surface area contributed by atoms with Crippen LogP contribution in [-0.2, 0) is 11.2 Å². The minimum absolute atomic E-state index is 0.0825. The van der Waals surface area contributed by atoms with Crippen molar-refractivity contribution in [3.05, 3.63) is 51.2 Å². The van der Waals surface area contributed by atoms with Gasteiger partial charge in [-0.25, -0.2) is 9.37 Å². The molecule has 28 heavy (non-hydrogen) atoms. The van der Waals surface area contributed by atoms with Gasteiger partial charge >= 0.3 is 0 Å². The number of benzene rings is 1. The Labute approximate surface area is 170 Å². The molecule has 2 aromatic rings. The molecule has 0 aliphatic carbocycles. The predicted octanol–water partition coefficient (Wildman–Crippen LogP) is 3.37. The fourth-order valence-electron chi connectivity index (χ4n) is 3.48. The number of hydrogen-bond acceptors (Lipinski definition) is 5. The summed E-state index contributed by atoms with van der Waals surface area (Å²) >= 11 is 1.46. The molecule has 2 heterocycles. The van der Waals surface area contributed by atoms with Crippen molar-refractivity contribution in [2.45, 2.75) is 26.2 Å². The Morgan fingerprint density at radius 1 is 1.21 bits per heavy atom. The van der Waals surface area contributed by atoms with Crippen molar-refractivity contribution >= 4 is 17.2 Å². The van der Waals surface area contributed by atoms with Crippen LogP contribution in [0.2, 0.25) is 0 Å². The van der Waals surface area contributed by atoms with Crippen LogP contribution < -0.4 is 0 Å². The number of halogens is 1. The Balaban J connectivity index is 1.61. The van der Waals surface area contributed by atoms with Crippen LogP contribution in [0.15, 0.2) is 24.3 Å². The first-order valence-electron chi connectivity index (χ1n) is 9.78. The lowest BCUT2D eigenvalue weighted by molar-refractivity contribution is 0.0764. The average Bonchev–Trinajstić information content (AvgIpc) is 2.89. The summed E-state index contributed by atoms with van der Waals surface area (Å²) in [4.78, 5) is 22.7. The van der Waals surface area contributed by atoms with Gasteiger partial charge in [0.25, 0.3) is 5.91 Å². The van der Waals surface area contributed by atoms with Gasteiger partial charge in [-0.2, -0.15) is 0 Å². The number of aryl methyl sites for hydroxylation is 1. The van der Waals surface area contributed by atoms with Crippen molar-refractivity contribution < 1.29 is 13.9 Å². The SMILES string of the molecule is COCCCN1CCCN(C(=O)c2sc(Cc3ccc(F)cc3)nc2C)CC1. The number of ether oxygens (including phenoxy) is 1. The molecule has 3 rings (SSSR count). The Kier molecular flexibility index (Phi) is 7.53. The first-order chi connectivity index (χ1) is 13.6. The molecule has 1 aromatic heterocycles. The van der Waals surface area contributed by atoms with Crippen molar-refractivity contribution in [1.29, 1.82) is 0 Å². The van der Waals surface area contributed by atoms with Crippen molar-refractivity contribution in [2.75, 3.05) is 46.4 Å². The van der Waals surface area contributed by atoms with E-state index in [1.54, 1.807) is 19.2 Å². The number of aromatic nitrogens is 1. The third-order valence-electron chi connectivity index (χ3n) is 5.00. The molecular formula is C21H28FN3O2S. The molecule has 0 radical (unpaired) electrons. The maximum absolute atomic E-state index is 13.1. The smallest absolute Gasteiger partial charge is 0.265 e. The fraction of sp³-hybridized carbons (Fsp3) is 0.524. The van der Waals surface area contributed by atoms with Gasteiger partial charge in [0, 0.05) is 46.3 Å². The van der Waals surface area contributed by atoms with E-state index in [4.69, 9.17) is 4.74 Å². The highest BCUT2D eigenvalue weighted by Gasteiger charge is 2.24. The van der Waals surface area contributed by atoms with Gasteiger partial charge in [-0.1, -0.05) is 12.1 Å². The van der Waals surface area contributed by atoms with Crippen LogP contribution in [0, 0.1) is 12.7 Å². The molecule has 1 saturated heterocycles. The van der Waals surface area contributed by atoms with Crippen LogP contribution in [0.1, 0.15) is 38.8 Å². The summed E-state index contributed by atoms with van der Waals surface area (Å²) in [5.74, 6) is -0.161. The highest BCUT2D eigenvalue weighted by molar-refractivity contribution is 7.13. The third-order valence-corrected chi connectivity index (χ3v) is 6.15. The number of methoxy groups -OCH3 is 1. The van der Waals surface area contributed by atoms with E-state index in [2.05, 4.69) is 9.88 Å². The van der Waals surface area contributed by atoms with Gasteiger partial charge in [-0.3, -0.25) is 4.79 Å². The first-order valence-corrected chi connectivity index (χ1v) is 10.6. The zero-order chi connectivity index (χ0) is 19.9. The lowest BCUT2D eigenvalue weighted by Gasteiger charge is -2.21. The highest BCUT2D eigenvalue weighted by atomic mass is 32.1. The summed E-state index contributed by atoms with van der Waals surface area (Å²) in [7, 11) is 1.73. The van der Waals surface area contributed by atoms with Gasteiger partial charge in [-0.05, 0) is 44.0 Å². The van der Waals surface area contributed by atoms with E-state index in [0.29, 0.717) is 6.42 Å². The second kappa shape index (κ2) is 10.1. The Morgan fingerprint density at radius 2 is 2.00 bits per heavy atom. The van der Waals surface area contributed by atoms with E-state index in [9.17, 15) is 9.18 Å². The lowest BCUT2D eigenvalue weighted by atomic mass is 10.1. The van der Waals surface area contributed by atoms with Crippen LogP contribution in [0.4, 0.5) is 4.39 Å². The average molecular weight is 406 g/mol. The van der Waals surface area contributed by atoms with Crippen molar-refractivity contribution in [1.82, 2.24) is 14.8 Å². The number of carbonyl (C=O) groups is 1. The van der Waals surface area contributed by atoms with E-state index in [-0.39, 0.29) is 11.7 Å². The molecule has 1 fully saturated rings. The molecule has 5 nitrogen and oxygen atoms in total. The lowest BCUT2D eigenvalue weighted by Crippen LogP contribution is -2.35. The van der Waals surface area contributed by atoms with E-state index < -0.39 is 0 Å². The summed E-state index contributed by atoms with van der Waals surface area (Å²) < 4.78 is 18.2. The molecular weight excluding hydrogens is 377 g/mol. The quantitative estimate of drug-likeness (QED) is 0.663. The number of thiazole rings is 1. The number of hydrogen-bond donors (Lipinski definition) is 0. The number of carbonyl (C=O) groups excluding carboxylic acids is 1. The molecule has 0 atom stereocenters. The summed E-state index contributed by atoms with van der Waals surface area (Å²) in [5.41, 5.74) is 1.78. The van der Waals surface area contributed by atoms with E-state index in [1.807, 2.05) is 11.8 Å². The fourth-order valence-corrected chi connectivity index (χ4v) is 4.54. The molecule has 1 aliphatic heterocycles. The summed E-state index contributed by atoms with van der Waals surface area (Å²) in [5, 5.41) is 0.892. The second-order valence-electron chi connectivity index (χ2n) is 7.16. The molecule has 0 bridgehead atoms. The van der Waals surface area contributed by atoms with Crippen LogP contribution in [0.3, 0.4) is 0 Å². The highest BCUT2D eigenvalue weighted by Crippen LogP contribution is 2.23. The Morgan fingerprint density at radius 3 is 2.75 bits per heavy atom. The molecule has 1 amide bonds. The van der Waals surface area contributed by atoms with Crippen LogP contribution in [0.25, 0.3) is 0 Å². The molecule has 0 saturated carbocycles. The van der Waals surface area contributed by atoms with Gasteiger partial charge in [0.15, 0.2) is 0 Å². The predicted molar refractivity (Wildman–Crippen MR) is 110 cm³/mol. The zero-order valence-electron chi connectivity index (χ0n) is 16.6. The van der Waals surface area contributed by atoms with Gasteiger partial charge in [0.2, 0.25) is 0 Å². The number of nitrogens with zero attached hydrogens (tertiary/aromatic N) is 3. The molecule has 152 valence electrons. The number of rotatable bonds is 7. The van der Waals surface area contributed by atoms with E-state index >= 15 is 0 Å². The van der Waals surface area contributed by atoms with Crippen molar-refractivity contribution in [3.8, 4) is 0 Å². The Hall–Kier alpha value is -1.83. The van der Waals surface area contributed by atoms with Crippen molar-refractivity contribution in [3.63, 3.8) is 0 Å². The van der Waals surface area contributed by atoms with E-state index in [1.165, 1.54) is 23.5 Å². The molecule has 0 spiro atoms. The first kappa shape index (κ1) is 20.9. The molecule has 0 unspecified atom stereocenters. The van der Waals surface area contributed by atoms with Crippen molar-refractivity contribution in [2.24, 2.45) is 0 Å². The van der Waals surface area contributed by atoms with Gasteiger partial charge in [-0.15, -0.1) is 11.3 Å². The minimum Gasteiger partial charge on any atom is -0.385 e. The maximum Gasteiger partial charge on any atom is 0.265 e. The summed E-state index contributed by atoms with van der Waals surface area (Å²) in [6, 6.07) is 6.44. The molecule has 1 aliphatic rings. The second-order valence-corrected chi connectivity index (χ2v) is 8.24. The minimum atomic E-state index is -0.243. The molecule has 0 N–H and O–H groups in total. The maximum atomic E-state index is 13.1. The summed E-state index contributed by atoms with van der Waals surface area (Å²) in [6.45, 7) is 7.13. The van der Waals surface area contributed by atoms with Gasteiger partial charge in [0.1, 0.15) is 10.7 Å². The van der Waals surface area contributed by atoms with Gasteiger partial charge < -0.3 is 14.5 Å². The van der Waals surface area contributed by atoms with Crippen LogP contribution in [0.5, 0.6) is 0 Å². The third kappa shape index (κ3) is 5.59. The van der Waals surface area contributed by atoms with Crippen LogP contribution in [-0.4, -0.2) is 67.1 Å². The normalized spacial score (nSPS) is 15.6. The Bertz CT molecular complexity index is 778. The monoisotopic (exact) mass is 405 g/mol. The van der Waals surface area contributed by atoms with Gasteiger partial charge in [0.05, 0.1) is 10.7 Å². The topological polar surface area (TPSA) is 45.7 Å². The largest absolute Gasteiger partial charge is 0.385 e. The summed E-state index contributed by atoms with van der Waals surface area (Å²) in [6.07, 6.45) is 2.62. The molecule has 1 aromatic carbocycles. The zero-order valence-corrected chi connectivity index (χ0v) is 17.4. The van der Waals surface area contributed by atoms with E-state index in [0.717, 1.165) is 73.3 Å².